The second-order valence-corrected chi connectivity index (χ2v) is 17.4. The van der Waals surface area contributed by atoms with E-state index in [4.69, 9.17) is 33.3 Å². The lowest BCUT2D eigenvalue weighted by atomic mass is 9.83. The van der Waals surface area contributed by atoms with Crippen molar-refractivity contribution in [2.75, 3.05) is 53.5 Å². The number of aldehydes is 1. The molecule has 1 fully saturated rings. The van der Waals surface area contributed by atoms with Crippen molar-refractivity contribution in [1.82, 2.24) is 47.2 Å². The number of hydrazine groups is 2. The largest absolute Gasteiger partial charge is 0.513 e. The van der Waals surface area contributed by atoms with Crippen LogP contribution in [0, 0.1) is 11.3 Å². The summed E-state index contributed by atoms with van der Waals surface area (Å²) in [7, 11) is 3.51. The van der Waals surface area contributed by atoms with Gasteiger partial charge in [-0.25, -0.2) is 11.7 Å². The SMILES string of the molecule is C=C(O)CC(NC(=O)CNC(=O)C(CCCNC)NC=O)C(=O)NC(Cc1ccccc1)/C(N)=C/N(N)C(C)CCCNC(=O)C1OC(CNC)C(CCC)C(O)C1O.N/C(=C\N(N)CC=O)CCCF.N=CN. The highest BCUT2D eigenvalue weighted by molar-refractivity contribution is 5.91. The number of rotatable bonds is 34. The van der Waals surface area contributed by atoms with Gasteiger partial charge in [-0.2, -0.15) is 0 Å². The molecule has 9 atom stereocenters. The summed E-state index contributed by atoms with van der Waals surface area (Å²) in [6, 6.07) is 5.98. The minimum Gasteiger partial charge on any atom is -0.513 e. The van der Waals surface area contributed by atoms with Crippen molar-refractivity contribution < 1.29 is 53.2 Å². The molecule has 1 aromatic rings. The summed E-state index contributed by atoms with van der Waals surface area (Å²) < 4.78 is 17.6. The van der Waals surface area contributed by atoms with Gasteiger partial charge in [0, 0.05) is 55.3 Å². The smallest absolute Gasteiger partial charge is 0.251 e. The van der Waals surface area contributed by atoms with E-state index in [1.165, 1.54) is 22.4 Å². The summed E-state index contributed by atoms with van der Waals surface area (Å²) in [6.07, 6.45) is 4.80. The number of halogens is 1. The molecule has 26 heteroatoms. The Hall–Kier alpha value is -6.42. The Morgan fingerprint density at radius 1 is 0.919 bits per heavy atom. The molecule has 2 rings (SSSR count). The lowest BCUT2D eigenvalue weighted by Gasteiger charge is -2.42. The van der Waals surface area contributed by atoms with Crippen LogP contribution >= 0.6 is 0 Å². The molecule has 0 spiro atoms. The van der Waals surface area contributed by atoms with Crippen LogP contribution in [0.25, 0.3) is 0 Å². The molecule has 1 aliphatic heterocycles. The van der Waals surface area contributed by atoms with E-state index >= 15 is 0 Å². The van der Waals surface area contributed by atoms with Crippen molar-refractivity contribution >= 4 is 42.7 Å². The Kier molecular flexibility index (Phi) is 36.6. The fourth-order valence-corrected chi connectivity index (χ4v) is 7.48. The van der Waals surface area contributed by atoms with Crippen molar-refractivity contribution in [3.05, 3.63) is 72.0 Å². The van der Waals surface area contributed by atoms with Gasteiger partial charge in [-0.3, -0.25) is 33.8 Å². The van der Waals surface area contributed by atoms with Crippen LogP contribution in [-0.4, -0.2) is 170 Å². The molecule has 1 heterocycles. The van der Waals surface area contributed by atoms with E-state index in [1.807, 2.05) is 44.2 Å². The molecule has 1 saturated heterocycles. The molecule has 9 unspecified atom stereocenters. The van der Waals surface area contributed by atoms with Gasteiger partial charge >= 0.3 is 0 Å². The van der Waals surface area contributed by atoms with Crippen molar-refractivity contribution in [3.63, 3.8) is 0 Å². The molecule has 25 nitrogen and oxygen atoms in total. The Labute approximate surface area is 434 Å². The lowest BCUT2D eigenvalue weighted by molar-refractivity contribution is -0.202. The first-order chi connectivity index (χ1) is 35.3. The summed E-state index contributed by atoms with van der Waals surface area (Å²) in [5, 5.41) is 58.9. The van der Waals surface area contributed by atoms with E-state index in [9.17, 15) is 48.5 Å². The number of carbonyl (C=O) groups excluding carboxylic acids is 6. The normalized spacial score (nSPS) is 18.9. The topological polar surface area (TPSA) is 417 Å². The average molecular weight is 1050 g/mol. The van der Waals surface area contributed by atoms with Gasteiger partial charge in [-0.05, 0) is 84.5 Å². The standard InChI is InChI=1S/C40H68N10O9.C7H14FN3O.CH4N2/c1-6-12-28-33(21-44-5)59-37(36(55)35(28)54)40(58)45-18-10-13-25(2)50(42)23-29(41)31(20-27-14-8-7-9-15-27)49-39(57)32(19-26(3)52)48-34(53)22-46-38(56)30(47-24-51)16-11-17-43-4;8-3-1-2-7(9)6-11(10)4-5-12;2-1-3/h7-9,14-15,23-25,28,30-33,35-37,43-44,52,54-55H,3,6,10-13,16-22,41-42H2,1-2,4-5H3,(H,45,58)(H,46,56)(H,47,51)(H,48,53)(H,49,57);5-6H,1-4,9-10H2;1H,(H3,2,3)/b29-23-;7-6-;. The first kappa shape index (κ1) is 67.6. The predicted molar refractivity (Wildman–Crippen MR) is 280 cm³/mol. The number of aliphatic hydroxyl groups excluding tert-OH is 3. The fourth-order valence-electron chi connectivity index (χ4n) is 7.48. The predicted octanol–water partition coefficient (Wildman–Crippen LogP) is -2.26. The number of carbonyl (C=O) groups is 6. The monoisotopic (exact) mass is 1050 g/mol. The summed E-state index contributed by atoms with van der Waals surface area (Å²) >= 11 is 0. The van der Waals surface area contributed by atoms with Crippen molar-refractivity contribution in [2.24, 2.45) is 34.8 Å². The minimum atomic E-state index is -1.36. The maximum atomic E-state index is 13.7. The Balaban J connectivity index is 0.00000307. The second-order valence-electron chi connectivity index (χ2n) is 17.4. The molecule has 0 aromatic heterocycles. The summed E-state index contributed by atoms with van der Waals surface area (Å²) in [4.78, 5) is 73.2. The second kappa shape index (κ2) is 40.0. The van der Waals surface area contributed by atoms with Crippen molar-refractivity contribution in [2.45, 2.75) is 127 Å². The van der Waals surface area contributed by atoms with Crippen LogP contribution in [0.1, 0.15) is 77.2 Å². The Morgan fingerprint density at radius 2 is 1.58 bits per heavy atom. The quantitative estimate of drug-likeness (QED) is 0.00659. The zero-order valence-corrected chi connectivity index (χ0v) is 43.3. The fraction of sp³-hybridized carbons (Fsp3) is 0.604. The van der Waals surface area contributed by atoms with Gasteiger partial charge in [-0.1, -0.05) is 50.3 Å². The highest BCUT2D eigenvalue weighted by Crippen LogP contribution is 2.29. The third-order valence-corrected chi connectivity index (χ3v) is 11.3. The van der Waals surface area contributed by atoms with E-state index in [-0.39, 0.29) is 49.3 Å². The zero-order chi connectivity index (χ0) is 56.0. The van der Waals surface area contributed by atoms with Gasteiger partial charge in [0.05, 0.1) is 50.1 Å². The summed E-state index contributed by atoms with van der Waals surface area (Å²) in [6.45, 7) is 7.79. The van der Waals surface area contributed by atoms with E-state index < -0.39 is 79.4 Å². The highest BCUT2D eigenvalue weighted by Gasteiger charge is 2.46. The third kappa shape index (κ3) is 28.1. The van der Waals surface area contributed by atoms with Gasteiger partial charge in [-0.15, -0.1) is 0 Å². The molecule has 0 saturated carbocycles. The molecule has 5 amide bonds. The number of nitrogens with zero attached hydrogens (tertiary/aromatic N) is 2. The number of hydrogen-bond acceptors (Lipinski definition) is 19. The molecule has 1 aliphatic rings. The highest BCUT2D eigenvalue weighted by atomic mass is 19.1. The van der Waals surface area contributed by atoms with Crippen LogP contribution in [0.15, 0.2) is 66.5 Å². The van der Waals surface area contributed by atoms with Gasteiger partial charge < -0.3 is 89.3 Å². The number of allylic oxidation sites excluding steroid dienone is 1. The minimum absolute atomic E-state index is 0.0936. The maximum Gasteiger partial charge on any atom is 0.251 e. The summed E-state index contributed by atoms with van der Waals surface area (Å²) in [5.41, 5.74) is 17.9. The van der Waals surface area contributed by atoms with Crippen LogP contribution in [-0.2, 0) is 39.9 Å². The first-order valence-electron chi connectivity index (χ1n) is 24.5. The number of alkyl halides is 1. The zero-order valence-electron chi connectivity index (χ0n) is 43.3. The van der Waals surface area contributed by atoms with E-state index in [2.05, 4.69) is 49.5 Å². The molecule has 0 radical (unpaired) electrons. The van der Waals surface area contributed by atoms with Gasteiger partial charge in [0.15, 0.2) is 6.10 Å². The molecule has 21 N–H and O–H groups in total. The van der Waals surface area contributed by atoms with E-state index in [1.54, 1.807) is 14.1 Å². The molecule has 0 aliphatic carbocycles. The van der Waals surface area contributed by atoms with Crippen molar-refractivity contribution in [1.29, 1.82) is 5.41 Å². The number of likely N-dealkylation sites (N-methyl/N-ethyl adjacent to an activating group) is 1. The first-order valence-corrected chi connectivity index (χ1v) is 24.5. The maximum absolute atomic E-state index is 13.7. The van der Waals surface area contributed by atoms with Crippen molar-refractivity contribution in [3.8, 4) is 0 Å². The number of benzene rings is 1. The van der Waals surface area contributed by atoms with Crippen LogP contribution in [0.5, 0.6) is 0 Å². The van der Waals surface area contributed by atoms with Crippen LogP contribution in [0.2, 0.25) is 0 Å². The molecular formula is C48H86FN15O10. The number of aliphatic hydroxyl groups is 3. The Morgan fingerprint density at radius 3 is 2.16 bits per heavy atom. The van der Waals surface area contributed by atoms with Gasteiger partial charge in [0.25, 0.3) is 5.91 Å². The van der Waals surface area contributed by atoms with E-state index in [0.29, 0.717) is 76.4 Å². The van der Waals surface area contributed by atoms with Crippen LogP contribution in [0.4, 0.5) is 4.39 Å². The third-order valence-electron chi connectivity index (χ3n) is 11.3. The lowest BCUT2D eigenvalue weighted by Crippen LogP contribution is -2.60. The number of ether oxygens (including phenoxy) is 1. The molecule has 420 valence electrons. The molecule has 1 aromatic carbocycles. The molecule has 74 heavy (non-hydrogen) atoms. The van der Waals surface area contributed by atoms with Gasteiger partial charge in [0.1, 0.15) is 24.5 Å². The van der Waals surface area contributed by atoms with Crippen LogP contribution < -0.4 is 66.1 Å². The number of amides is 5. The molecule has 0 bridgehead atoms. The number of nitrogens with one attached hydrogen (secondary N) is 8. The van der Waals surface area contributed by atoms with Crippen LogP contribution in [0.3, 0.4) is 0 Å². The van der Waals surface area contributed by atoms with E-state index in [0.717, 1.165) is 18.3 Å². The molecular weight excluding hydrogens is 966 g/mol. The summed E-state index contributed by atoms with van der Waals surface area (Å²) in [5.74, 6) is 8.54. The number of nitrogens with two attached hydrogens (primary N) is 5. The van der Waals surface area contributed by atoms with Gasteiger partial charge in [0.2, 0.25) is 24.1 Å². The Bertz CT molecular complexity index is 1870. The number of hydrogen-bond donors (Lipinski definition) is 16. The average Bonchev–Trinajstić information content (AvgIpc) is 3.35.